The minimum absolute atomic E-state index is 0. The zero-order chi connectivity index (χ0) is 12.1. The fourth-order valence-corrected chi connectivity index (χ4v) is 2.20. The van der Waals surface area contributed by atoms with Gasteiger partial charge in [0, 0.05) is 12.1 Å². The third-order valence-corrected chi connectivity index (χ3v) is 3.27. The summed E-state index contributed by atoms with van der Waals surface area (Å²) < 4.78 is 0. The Morgan fingerprint density at radius 3 is 2.50 bits per heavy atom. The standard InChI is InChI=1S/C14H20N2O.ClH/c1-11-2-4-13(5-3-11)16-14(17)10-12-6-8-15-9-7-12;/h2-5,12,15H,6-10H2,1H3,(H,16,17);1H. The van der Waals surface area contributed by atoms with Gasteiger partial charge in [-0.25, -0.2) is 0 Å². The Bertz CT molecular complexity index is 372. The lowest BCUT2D eigenvalue weighted by Crippen LogP contribution is -2.30. The van der Waals surface area contributed by atoms with Crippen molar-refractivity contribution in [3.8, 4) is 0 Å². The van der Waals surface area contributed by atoms with E-state index in [-0.39, 0.29) is 18.3 Å². The molecule has 0 spiro atoms. The molecule has 100 valence electrons. The quantitative estimate of drug-likeness (QED) is 0.885. The summed E-state index contributed by atoms with van der Waals surface area (Å²) in [6.07, 6.45) is 2.87. The molecule has 0 saturated carbocycles. The van der Waals surface area contributed by atoms with Crippen LogP contribution in [0.1, 0.15) is 24.8 Å². The molecule has 1 heterocycles. The minimum atomic E-state index is 0. The lowest BCUT2D eigenvalue weighted by Gasteiger charge is -2.21. The summed E-state index contributed by atoms with van der Waals surface area (Å²) in [5.74, 6) is 0.683. The van der Waals surface area contributed by atoms with Crippen molar-refractivity contribution in [3.63, 3.8) is 0 Å². The summed E-state index contributed by atoms with van der Waals surface area (Å²) in [5.41, 5.74) is 2.11. The predicted octanol–water partition coefficient (Wildman–Crippen LogP) is 2.75. The largest absolute Gasteiger partial charge is 0.326 e. The van der Waals surface area contributed by atoms with Crippen LogP contribution in [0.25, 0.3) is 0 Å². The number of carbonyl (C=O) groups is 1. The van der Waals surface area contributed by atoms with E-state index in [1.54, 1.807) is 0 Å². The van der Waals surface area contributed by atoms with Crippen LogP contribution < -0.4 is 10.6 Å². The van der Waals surface area contributed by atoms with Gasteiger partial charge >= 0.3 is 0 Å². The first-order valence-electron chi connectivity index (χ1n) is 6.31. The number of benzene rings is 1. The molecule has 0 aliphatic carbocycles. The third kappa shape index (κ3) is 4.67. The lowest BCUT2D eigenvalue weighted by atomic mass is 9.94. The molecule has 1 aliphatic heterocycles. The normalized spacial score (nSPS) is 15.8. The first-order valence-corrected chi connectivity index (χ1v) is 6.31. The molecule has 0 atom stereocenters. The summed E-state index contributed by atoms with van der Waals surface area (Å²) in [6, 6.07) is 7.94. The average molecular weight is 269 g/mol. The number of hydrogen-bond acceptors (Lipinski definition) is 2. The molecular formula is C14H21ClN2O. The molecule has 0 radical (unpaired) electrons. The maximum atomic E-state index is 11.8. The lowest BCUT2D eigenvalue weighted by molar-refractivity contribution is -0.117. The number of nitrogens with one attached hydrogen (secondary N) is 2. The Hall–Kier alpha value is -1.06. The predicted molar refractivity (Wildman–Crippen MR) is 77.3 cm³/mol. The number of aryl methyl sites for hydroxylation is 1. The van der Waals surface area contributed by atoms with Gasteiger partial charge in [0.1, 0.15) is 0 Å². The van der Waals surface area contributed by atoms with E-state index in [4.69, 9.17) is 0 Å². The van der Waals surface area contributed by atoms with Gasteiger partial charge < -0.3 is 10.6 Å². The van der Waals surface area contributed by atoms with Gasteiger partial charge in [0.15, 0.2) is 0 Å². The Labute approximate surface area is 115 Å². The van der Waals surface area contributed by atoms with E-state index in [1.807, 2.05) is 31.2 Å². The highest BCUT2D eigenvalue weighted by Gasteiger charge is 2.16. The minimum Gasteiger partial charge on any atom is -0.326 e. The monoisotopic (exact) mass is 268 g/mol. The van der Waals surface area contributed by atoms with Gasteiger partial charge in [-0.1, -0.05) is 17.7 Å². The average Bonchev–Trinajstić information content (AvgIpc) is 2.33. The molecule has 1 aliphatic rings. The molecule has 2 N–H and O–H groups in total. The second-order valence-electron chi connectivity index (χ2n) is 4.81. The highest BCUT2D eigenvalue weighted by Crippen LogP contribution is 2.17. The van der Waals surface area contributed by atoms with Gasteiger partial charge in [0.25, 0.3) is 0 Å². The first kappa shape index (κ1) is 15.0. The smallest absolute Gasteiger partial charge is 0.224 e. The molecule has 1 aromatic carbocycles. The number of piperidine rings is 1. The molecule has 0 unspecified atom stereocenters. The Kier molecular flexibility index (Phi) is 6.16. The van der Waals surface area contributed by atoms with Crippen LogP contribution in [0.2, 0.25) is 0 Å². The highest BCUT2D eigenvalue weighted by molar-refractivity contribution is 5.90. The SMILES string of the molecule is Cc1ccc(NC(=O)CC2CCNCC2)cc1.Cl. The fraction of sp³-hybridized carbons (Fsp3) is 0.500. The van der Waals surface area contributed by atoms with Gasteiger partial charge in [-0.05, 0) is 50.9 Å². The number of anilines is 1. The maximum absolute atomic E-state index is 11.8. The van der Waals surface area contributed by atoms with Gasteiger partial charge in [-0.3, -0.25) is 4.79 Å². The second kappa shape index (κ2) is 7.39. The molecule has 0 aromatic heterocycles. The van der Waals surface area contributed by atoms with Crippen LogP contribution in [-0.4, -0.2) is 19.0 Å². The van der Waals surface area contributed by atoms with Crippen molar-refractivity contribution in [3.05, 3.63) is 29.8 Å². The van der Waals surface area contributed by atoms with Crippen molar-refractivity contribution in [2.75, 3.05) is 18.4 Å². The van der Waals surface area contributed by atoms with Crippen molar-refractivity contribution >= 4 is 24.0 Å². The molecule has 2 rings (SSSR count). The van der Waals surface area contributed by atoms with Crippen LogP contribution in [0, 0.1) is 12.8 Å². The maximum Gasteiger partial charge on any atom is 0.224 e. The highest BCUT2D eigenvalue weighted by atomic mass is 35.5. The van der Waals surface area contributed by atoms with Gasteiger partial charge in [-0.2, -0.15) is 0 Å². The first-order chi connectivity index (χ1) is 8.24. The number of amides is 1. The summed E-state index contributed by atoms with van der Waals surface area (Å²) in [7, 11) is 0. The van der Waals surface area contributed by atoms with Crippen LogP contribution in [0.4, 0.5) is 5.69 Å². The zero-order valence-corrected chi connectivity index (χ0v) is 11.6. The van der Waals surface area contributed by atoms with E-state index in [9.17, 15) is 4.79 Å². The molecule has 1 amide bonds. The van der Waals surface area contributed by atoms with E-state index >= 15 is 0 Å². The molecule has 4 heteroatoms. The van der Waals surface area contributed by atoms with E-state index in [1.165, 1.54) is 5.56 Å². The molecule has 0 bridgehead atoms. The van der Waals surface area contributed by atoms with Crippen LogP contribution in [0.15, 0.2) is 24.3 Å². The number of carbonyl (C=O) groups excluding carboxylic acids is 1. The summed E-state index contributed by atoms with van der Waals surface area (Å²) in [5, 5.41) is 6.27. The topological polar surface area (TPSA) is 41.1 Å². The number of hydrogen-bond donors (Lipinski definition) is 2. The fourth-order valence-electron chi connectivity index (χ4n) is 2.20. The van der Waals surface area contributed by atoms with Crippen LogP contribution in [0.3, 0.4) is 0 Å². The van der Waals surface area contributed by atoms with Crippen LogP contribution in [0.5, 0.6) is 0 Å². The molecule has 18 heavy (non-hydrogen) atoms. The van der Waals surface area contributed by atoms with Gasteiger partial charge in [0.2, 0.25) is 5.91 Å². The van der Waals surface area contributed by atoms with Crippen molar-refractivity contribution in [2.24, 2.45) is 5.92 Å². The number of halogens is 1. The molecule has 1 fully saturated rings. The van der Waals surface area contributed by atoms with Crippen molar-refractivity contribution < 1.29 is 4.79 Å². The molecule has 1 aromatic rings. The van der Waals surface area contributed by atoms with Crippen LogP contribution in [-0.2, 0) is 4.79 Å². The summed E-state index contributed by atoms with van der Waals surface area (Å²) in [4.78, 5) is 11.8. The Morgan fingerprint density at radius 2 is 1.89 bits per heavy atom. The second-order valence-corrected chi connectivity index (χ2v) is 4.81. The van der Waals surface area contributed by atoms with Crippen molar-refractivity contribution in [1.82, 2.24) is 5.32 Å². The van der Waals surface area contributed by atoms with E-state index in [2.05, 4.69) is 10.6 Å². The third-order valence-electron chi connectivity index (χ3n) is 3.27. The van der Waals surface area contributed by atoms with Gasteiger partial charge in [0.05, 0.1) is 0 Å². The molecule has 1 saturated heterocycles. The van der Waals surface area contributed by atoms with Crippen molar-refractivity contribution in [1.29, 1.82) is 0 Å². The zero-order valence-electron chi connectivity index (χ0n) is 10.7. The Balaban J connectivity index is 0.00000162. The Morgan fingerprint density at radius 1 is 1.28 bits per heavy atom. The van der Waals surface area contributed by atoms with Crippen molar-refractivity contribution in [2.45, 2.75) is 26.2 Å². The van der Waals surface area contributed by atoms with E-state index in [0.29, 0.717) is 12.3 Å². The molecule has 3 nitrogen and oxygen atoms in total. The van der Waals surface area contributed by atoms with E-state index in [0.717, 1.165) is 31.6 Å². The molecular weight excluding hydrogens is 248 g/mol. The van der Waals surface area contributed by atoms with Crippen LogP contribution >= 0.6 is 12.4 Å². The van der Waals surface area contributed by atoms with E-state index < -0.39 is 0 Å². The summed E-state index contributed by atoms with van der Waals surface area (Å²) >= 11 is 0. The van der Waals surface area contributed by atoms with Gasteiger partial charge in [-0.15, -0.1) is 12.4 Å². The number of rotatable bonds is 3. The summed E-state index contributed by atoms with van der Waals surface area (Å²) in [6.45, 7) is 4.13.